The summed E-state index contributed by atoms with van der Waals surface area (Å²) in [4.78, 5) is 45.7. The van der Waals surface area contributed by atoms with Crippen LogP contribution in [0.1, 0.15) is 43.4 Å². The number of piperidine rings is 1. The Bertz CT molecular complexity index is 1060. The van der Waals surface area contributed by atoms with Crippen LogP contribution in [0.4, 0.5) is 0 Å². The van der Waals surface area contributed by atoms with E-state index >= 15 is 0 Å². The second-order valence-corrected chi connectivity index (χ2v) is 9.03. The van der Waals surface area contributed by atoms with Crippen molar-refractivity contribution in [2.45, 2.75) is 50.2 Å². The molecule has 1 amide bonds. The molecule has 160 valence electrons. The molecule has 0 radical (unpaired) electrons. The smallest absolute Gasteiger partial charge is 0.258 e. The number of unbranched alkanes of at least 4 members (excludes halogenated alkanes) is 1. The number of likely N-dealkylation sites (tertiary alicyclic amines) is 1. The van der Waals surface area contributed by atoms with E-state index in [9.17, 15) is 19.5 Å². The van der Waals surface area contributed by atoms with E-state index in [4.69, 9.17) is 0 Å². The third-order valence-corrected chi connectivity index (χ3v) is 6.78. The zero-order valence-corrected chi connectivity index (χ0v) is 17.8. The Morgan fingerprint density at radius 3 is 2.90 bits per heavy atom. The van der Waals surface area contributed by atoms with Crippen LogP contribution in [0.15, 0.2) is 32.9 Å². The van der Waals surface area contributed by atoms with Crippen molar-refractivity contribution in [1.29, 1.82) is 0 Å². The maximum Gasteiger partial charge on any atom is 0.258 e. The van der Waals surface area contributed by atoms with E-state index in [1.807, 2.05) is 22.5 Å². The lowest BCUT2D eigenvalue weighted by atomic mass is 9.83. The molecule has 1 fully saturated rings. The van der Waals surface area contributed by atoms with E-state index in [0.717, 1.165) is 36.7 Å². The van der Waals surface area contributed by atoms with Gasteiger partial charge in [-0.2, -0.15) is 4.98 Å². The lowest BCUT2D eigenvalue weighted by Gasteiger charge is -2.42. The first kappa shape index (κ1) is 20.7. The Kier molecular flexibility index (Phi) is 5.99. The zero-order valence-electron chi connectivity index (χ0n) is 17.0. The number of hydrogen-bond acceptors (Lipinski definition) is 6. The minimum absolute atomic E-state index is 0.0229. The van der Waals surface area contributed by atoms with Crippen LogP contribution in [0.2, 0.25) is 0 Å². The van der Waals surface area contributed by atoms with Crippen molar-refractivity contribution in [1.82, 2.24) is 19.4 Å². The minimum Gasteiger partial charge on any atom is -0.493 e. The summed E-state index contributed by atoms with van der Waals surface area (Å²) in [6.07, 6.45) is 3.19. The fourth-order valence-electron chi connectivity index (χ4n) is 4.43. The number of nitrogens with one attached hydrogen (secondary N) is 1. The van der Waals surface area contributed by atoms with Gasteiger partial charge in [-0.15, -0.1) is 0 Å². The lowest BCUT2D eigenvalue weighted by Crippen LogP contribution is -2.49. The quantitative estimate of drug-likeness (QED) is 0.534. The van der Waals surface area contributed by atoms with E-state index in [0.29, 0.717) is 31.6 Å². The summed E-state index contributed by atoms with van der Waals surface area (Å²) in [5.74, 6) is 0.290. The highest BCUT2D eigenvalue weighted by atomic mass is 32.2. The maximum absolute atomic E-state index is 12.8. The Morgan fingerprint density at radius 2 is 2.13 bits per heavy atom. The van der Waals surface area contributed by atoms with Gasteiger partial charge in [0.25, 0.3) is 11.1 Å². The molecule has 0 aliphatic carbocycles. The molecule has 9 heteroatoms. The van der Waals surface area contributed by atoms with Gasteiger partial charge in [0, 0.05) is 37.3 Å². The highest BCUT2D eigenvalue weighted by molar-refractivity contribution is 7.99. The number of fused-ring (bicyclic) bond motifs is 4. The summed E-state index contributed by atoms with van der Waals surface area (Å²) in [6.45, 7) is 3.87. The van der Waals surface area contributed by atoms with Crippen LogP contribution < -0.4 is 11.1 Å². The second kappa shape index (κ2) is 8.67. The van der Waals surface area contributed by atoms with Gasteiger partial charge in [0.15, 0.2) is 5.16 Å². The molecular weight excluding hydrogens is 404 g/mol. The van der Waals surface area contributed by atoms with Gasteiger partial charge in [-0.25, -0.2) is 0 Å². The molecule has 2 N–H and O–H groups in total. The summed E-state index contributed by atoms with van der Waals surface area (Å²) in [6, 6.07) is 5.34. The van der Waals surface area contributed by atoms with Gasteiger partial charge >= 0.3 is 0 Å². The molecule has 2 atom stereocenters. The number of H-pyrrole nitrogens is 1. The molecule has 0 spiro atoms. The lowest BCUT2D eigenvalue weighted by molar-refractivity contribution is -0.131. The van der Waals surface area contributed by atoms with Crippen LogP contribution in [0.25, 0.3) is 0 Å². The number of carbonyl (C=O) groups is 1. The average Bonchev–Trinajstić information content (AvgIpc) is 2.72. The van der Waals surface area contributed by atoms with E-state index in [1.54, 1.807) is 12.1 Å². The standard InChI is InChI=1S/C21H26N4O4S/c1-2-3-5-15-19(28)22-21(23-20(15)29)30-12-18(27)24-9-13-8-14(11-24)16-6-4-7-17(26)25(16)10-13/h4,6-7,13-14H,2-3,5,8-12H2,1H3,(H2,22,23,28,29)/t13-,14-/m1/s1. The number of aromatic amines is 1. The van der Waals surface area contributed by atoms with Gasteiger partial charge in [-0.1, -0.05) is 31.2 Å². The predicted octanol–water partition coefficient (Wildman–Crippen LogP) is 1.72. The molecule has 2 aromatic heterocycles. The third kappa shape index (κ3) is 4.16. The summed E-state index contributed by atoms with van der Waals surface area (Å²) in [5, 5.41) is 10.3. The first-order valence-corrected chi connectivity index (χ1v) is 11.4. The monoisotopic (exact) mass is 430 g/mol. The van der Waals surface area contributed by atoms with Crippen molar-refractivity contribution in [2.24, 2.45) is 5.92 Å². The summed E-state index contributed by atoms with van der Waals surface area (Å²) < 4.78 is 1.84. The Morgan fingerprint density at radius 1 is 1.30 bits per heavy atom. The van der Waals surface area contributed by atoms with E-state index in [-0.39, 0.29) is 45.7 Å². The van der Waals surface area contributed by atoms with E-state index in [2.05, 4.69) is 9.97 Å². The molecule has 2 aliphatic heterocycles. The maximum atomic E-state index is 12.8. The van der Waals surface area contributed by atoms with Crippen LogP contribution in [0, 0.1) is 5.92 Å². The average molecular weight is 431 g/mol. The molecule has 30 heavy (non-hydrogen) atoms. The van der Waals surface area contributed by atoms with Crippen molar-refractivity contribution < 1.29 is 9.90 Å². The summed E-state index contributed by atoms with van der Waals surface area (Å²) >= 11 is 1.13. The Balaban J connectivity index is 1.41. The molecule has 2 bridgehead atoms. The molecular formula is C21H26N4O4S. The number of aromatic nitrogens is 3. The second-order valence-electron chi connectivity index (χ2n) is 8.06. The van der Waals surface area contributed by atoms with E-state index in [1.165, 1.54) is 0 Å². The summed E-state index contributed by atoms with van der Waals surface area (Å²) in [5.41, 5.74) is 0.975. The molecule has 0 aromatic carbocycles. The number of aromatic hydroxyl groups is 1. The molecule has 1 saturated heterocycles. The molecule has 0 saturated carbocycles. The van der Waals surface area contributed by atoms with Gasteiger partial charge in [-0.3, -0.25) is 14.4 Å². The normalized spacial score (nSPS) is 20.1. The number of rotatable bonds is 6. The molecule has 2 aliphatic rings. The van der Waals surface area contributed by atoms with Gasteiger partial charge < -0.3 is 19.6 Å². The van der Waals surface area contributed by atoms with E-state index < -0.39 is 0 Å². The third-order valence-electron chi connectivity index (χ3n) is 5.92. The number of nitrogens with zero attached hydrogens (tertiary/aromatic N) is 3. The van der Waals surface area contributed by atoms with Crippen molar-refractivity contribution in [3.8, 4) is 5.88 Å². The molecule has 2 aromatic rings. The fourth-order valence-corrected chi connectivity index (χ4v) is 5.19. The number of hydrogen-bond donors (Lipinski definition) is 2. The van der Waals surface area contributed by atoms with Crippen molar-refractivity contribution >= 4 is 17.7 Å². The van der Waals surface area contributed by atoms with Crippen LogP contribution in [-0.4, -0.2) is 49.3 Å². The predicted molar refractivity (Wildman–Crippen MR) is 114 cm³/mol. The van der Waals surface area contributed by atoms with Gasteiger partial charge in [0.2, 0.25) is 11.8 Å². The Hall–Kier alpha value is -2.55. The molecule has 0 unspecified atom stereocenters. The number of amides is 1. The first-order chi connectivity index (χ1) is 14.5. The van der Waals surface area contributed by atoms with Crippen molar-refractivity contribution in [3.05, 3.63) is 50.2 Å². The van der Waals surface area contributed by atoms with Crippen molar-refractivity contribution in [3.63, 3.8) is 0 Å². The summed E-state index contributed by atoms with van der Waals surface area (Å²) in [7, 11) is 0. The van der Waals surface area contributed by atoms with Gasteiger partial charge in [0.05, 0.1) is 11.3 Å². The number of thioether (sulfide) groups is 1. The topological polar surface area (TPSA) is 108 Å². The van der Waals surface area contributed by atoms with Crippen LogP contribution in [-0.2, 0) is 17.8 Å². The molecule has 4 heterocycles. The zero-order chi connectivity index (χ0) is 21.3. The molecule has 4 rings (SSSR count). The highest BCUT2D eigenvalue weighted by Gasteiger charge is 2.36. The number of carbonyl (C=O) groups excluding carboxylic acids is 1. The fraction of sp³-hybridized carbons (Fsp3) is 0.524. The van der Waals surface area contributed by atoms with Gasteiger partial charge in [0.1, 0.15) is 0 Å². The number of pyridine rings is 1. The van der Waals surface area contributed by atoms with Crippen LogP contribution in [0.5, 0.6) is 5.88 Å². The first-order valence-electron chi connectivity index (χ1n) is 10.4. The highest BCUT2D eigenvalue weighted by Crippen LogP contribution is 2.35. The van der Waals surface area contributed by atoms with Crippen LogP contribution >= 0.6 is 11.8 Å². The van der Waals surface area contributed by atoms with Gasteiger partial charge in [-0.05, 0) is 31.2 Å². The van der Waals surface area contributed by atoms with Crippen molar-refractivity contribution in [2.75, 3.05) is 18.8 Å². The van der Waals surface area contributed by atoms with Crippen LogP contribution in [0.3, 0.4) is 0 Å². The molecule has 8 nitrogen and oxygen atoms in total. The Labute approximate surface area is 178 Å². The largest absolute Gasteiger partial charge is 0.493 e. The minimum atomic E-state index is -0.347. The SMILES string of the molecule is CCCCc1c(O)nc(SCC(=O)N2C[C@H]3C[C@H](C2)c2cccc(=O)n2C3)[nH]c1=O.